The van der Waals surface area contributed by atoms with E-state index in [9.17, 15) is 10.1 Å². The zero-order valence-electron chi connectivity index (χ0n) is 10.8. The summed E-state index contributed by atoms with van der Waals surface area (Å²) in [4.78, 5) is 10.1. The number of nitrogens with zero attached hydrogens (tertiary/aromatic N) is 2. The highest BCUT2D eigenvalue weighted by Gasteiger charge is 2.15. The Labute approximate surface area is 107 Å². The smallest absolute Gasteiger partial charge is 0.287 e. The summed E-state index contributed by atoms with van der Waals surface area (Å²) >= 11 is 0. The Bertz CT molecular complexity index is 489. The Morgan fingerprint density at radius 2 is 2.11 bits per heavy atom. The molecular formula is C12H16N2O3Si. The third-order valence-electron chi connectivity index (χ3n) is 2.41. The van der Waals surface area contributed by atoms with Crippen LogP contribution in [0.1, 0.15) is 5.56 Å². The van der Waals surface area contributed by atoms with Gasteiger partial charge in [-0.3, -0.25) is 10.1 Å². The summed E-state index contributed by atoms with van der Waals surface area (Å²) in [6, 6.07) is 7.07. The van der Waals surface area contributed by atoms with Gasteiger partial charge in [-0.15, -0.1) is 0 Å². The van der Waals surface area contributed by atoms with E-state index in [-0.39, 0.29) is 11.3 Å². The fourth-order valence-electron chi connectivity index (χ4n) is 1.33. The van der Waals surface area contributed by atoms with Gasteiger partial charge in [-0.05, 0) is 12.1 Å². The van der Waals surface area contributed by atoms with E-state index in [1.165, 1.54) is 18.2 Å². The average Bonchev–Trinajstić information content (AvgIpc) is 2.26. The van der Waals surface area contributed by atoms with Crippen LogP contribution in [0.3, 0.4) is 0 Å². The van der Waals surface area contributed by atoms with Crippen LogP contribution in [0, 0.1) is 21.4 Å². The molecule has 1 aromatic carbocycles. The average molecular weight is 264 g/mol. The van der Waals surface area contributed by atoms with Gasteiger partial charge in [0.15, 0.2) is 0 Å². The molecular weight excluding hydrogens is 248 g/mol. The van der Waals surface area contributed by atoms with Crippen LogP contribution in [0.15, 0.2) is 18.2 Å². The maximum Gasteiger partial charge on any atom is 0.287 e. The molecule has 0 atom stereocenters. The van der Waals surface area contributed by atoms with E-state index in [1.54, 1.807) is 0 Å². The number of nitro groups is 1. The highest BCUT2D eigenvalue weighted by atomic mass is 28.3. The van der Waals surface area contributed by atoms with E-state index in [1.807, 2.05) is 6.07 Å². The highest BCUT2D eigenvalue weighted by Crippen LogP contribution is 2.23. The van der Waals surface area contributed by atoms with E-state index >= 15 is 0 Å². The zero-order valence-corrected chi connectivity index (χ0v) is 11.8. The predicted octanol–water partition coefficient (Wildman–Crippen LogP) is 3.18. The number of rotatable bonds is 5. The standard InChI is InChI=1S/C12H16N2O3Si/c1-18(2,3)7-6-17-11-4-5-12(14(15)16)10(8-11)9-13/h4-5,8H,6-7H2,1-3H3. The molecule has 0 N–H and O–H groups in total. The second-order valence-electron chi connectivity index (χ2n) is 5.21. The van der Waals surface area contributed by atoms with Crippen LogP contribution in [0.5, 0.6) is 5.75 Å². The maximum atomic E-state index is 10.7. The SMILES string of the molecule is C[Si](C)(C)CCOc1ccc([N+](=O)[O-])c(C#N)c1. The molecule has 0 aliphatic carbocycles. The molecule has 1 rings (SSSR count). The van der Waals surface area contributed by atoms with E-state index in [0.29, 0.717) is 12.4 Å². The van der Waals surface area contributed by atoms with Crippen molar-refractivity contribution in [1.29, 1.82) is 5.26 Å². The second kappa shape index (κ2) is 5.64. The summed E-state index contributed by atoms with van der Waals surface area (Å²) < 4.78 is 5.52. The van der Waals surface area contributed by atoms with Crippen LogP contribution >= 0.6 is 0 Å². The van der Waals surface area contributed by atoms with Crippen LogP contribution in [0.25, 0.3) is 0 Å². The Hall–Kier alpha value is -1.87. The van der Waals surface area contributed by atoms with Crippen LogP contribution in [-0.2, 0) is 0 Å². The van der Waals surface area contributed by atoms with Gasteiger partial charge in [-0.25, -0.2) is 0 Å². The molecule has 0 spiro atoms. The summed E-state index contributed by atoms with van der Waals surface area (Å²) in [5, 5.41) is 19.5. The first-order valence-electron chi connectivity index (χ1n) is 5.65. The molecule has 0 heterocycles. The first kappa shape index (κ1) is 14.2. The third-order valence-corrected chi connectivity index (χ3v) is 4.11. The highest BCUT2D eigenvalue weighted by molar-refractivity contribution is 6.76. The van der Waals surface area contributed by atoms with Crippen molar-refractivity contribution in [3.63, 3.8) is 0 Å². The normalized spacial score (nSPS) is 10.8. The van der Waals surface area contributed by atoms with E-state index in [0.717, 1.165) is 6.04 Å². The molecule has 6 heteroatoms. The lowest BCUT2D eigenvalue weighted by molar-refractivity contribution is -0.385. The number of nitro benzene ring substituents is 1. The molecule has 18 heavy (non-hydrogen) atoms. The number of benzene rings is 1. The Kier molecular flexibility index (Phi) is 4.45. The summed E-state index contributed by atoms with van der Waals surface area (Å²) in [6.07, 6.45) is 0. The monoisotopic (exact) mass is 264 g/mol. The molecule has 96 valence electrons. The third kappa shape index (κ3) is 4.18. The zero-order chi connectivity index (χ0) is 13.8. The predicted molar refractivity (Wildman–Crippen MR) is 71.5 cm³/mol. The molecule has 0 saturated heterocycles. The number of nitriles is 1. The largest absolute Gasteiger partial charge is 0.494 e. The van der Waals surface area contributed by atoms with Crippen LogP contribution in [0.2, 0.25) is 25.7 Å². The lowest BCUT2D eigenvalue weighted by Gasteiger charge is -2.15. The second-order valence-corrected chi connectivity index (χ2v) is 10.8. The van der Waals surface area contributed by atoms with Gasteiger partial charge >= 0.3 is 0 Å². The molecule has 0 unspecified atom stereocenters. The van der Waals surface area contributed by atoms with E-state index in [4.69, 9.17) is 10.00 Å². The van der Waals surface area contributed by atoms with Crippen molar-refractivity contribution in [3.05, 3.63) is 33.9 Å². The minimum absolute atomic E-state index is 0.0329. The van der Waals surface area contributed by atoms with Gasteiger partial charge in [-0.1, -0.05) is 19.6 Å². The van der Waals surface area contributed by atoms with Crippen molar-refractivity contribution in [3.8, 4) is 11.8 Å². The van der Waals surface area contributed by atoms with Gasteiger partial charge < -0.3 is 4.74 Å². The molecule has 0 amide bonds. The van der Waals surface area contributed by atoms with Gasteiger partial charge in [0.05, 0.1) is 11.5 Å². The van der Waals surface area contributed by atoms with Gasteiger partial charge in [0, 0.05) is 20.2 Å². The molecule has 0 radical (unpaired) electrons. The lowest BCUT2D eigenvalue weighted by Crippen LogP contribution is -2.22. The van der Waals surface area contributed by atoms with Crippen molar-refractivity contribution in [2.75, 3.05) is 6.61 Å². The molecule has 0 aliphatic heterocycles. The van der Waals surface area contributed by atoms with Gasteiger partial charge in [0.2, 0.25) is 0 Å². The van der Waals surface area contributed by atoms with E-state index < -0.39 is 13.0 Å². The van der Waals surface area contributed by atoms with Gasteiger partial charge in [0.1, 0.15) is 17.4 Å². The van der Waals surface area contributed by atoms with Crippen LogP contribution in [0.4, 0.5) is 5.69 Å². The van der Waals surface area contributed by atoms with Crippen molar-refractivity contribution in [2.24, 2.45) is 0 Å². The summed E-state index contributed by atoms with van der Waals surface area (Å²) in [7, 11) is -1.16. The number of hydrogen-bond acceptors (Lipinski definition) is 4. The lowest BCUT2D eigenvalue weighted by atomic mass is 10.2. The maximum absolute atomic E-state index is 10.7. The minimum atomic E-state index is -1.16. The molecule has 5 nitrogen and oxygen atoms in total. The fraction of sp³-hybridized carbons (Fsp3) is 0.417. The first-order valence-corrected chi connectivity index (χ1v) is 9.35. The van der Waals surface area contributed by atoms with Crippen LogP contribution < -0.4 is 4.74 Å². The topological polar surface area (TPSA) is 76.2 Å². The Morgan fingerprint density at radius 3 is 2.61 bits per heavy atom. The quantitative estimate of drug-likeness (QED) is 0.465. The Balaban J connectivity index is 2.75. The van der Waals surface area contributed by atoms with Gasteiger partial charge in [-0.2, -0.15) is 5.26 Å². The minimum Gasteiger partial charge on any atom is -0.494 e. The first-order chi connectivity index (χ1) is 8.33. The van der Waals surface area contributed by atoms with Crippen molar-refractivity contribution in [2.45, 2.75) is 25.7 Å². The molecule has 0 aromatic heterocycles. The van der Waals surface area contributed by atoms with Crippen LogP contribution in [-0.4, -0.2) is 19.6 Å². The van der Waals surface area contributed by atoms with Crippen molar-refractivity contribution in [1.82, 2.24) is 0 Å². The molecule has 0 saturated carbocycles. The number of ether oxygens (including phenoxy) is 1. The summed E-state index contributed by atoms with van der Waals surface area (Å²) in [5.41, 5.74) is -0.152. The summed E-state index contributed by atoms with van der Waals surface area (Å²) in [6.45, 7) is 7.31. The van der Waals surface area contributed by atoms with E-state index in [2.05, 4.69) is 19.6 Å². The molecule has 1 aromatic rings. The molecule has 0 bridgehead atoms. The Morgan fingerprint density at radius 1 is 1.44 bits per heavy atom. The number of hydrogen-bond donors (Lipinski definition) is 0. The van der Waals surface area contributed by atoms with Crippen molar-refractivity contribution >= 4 is 13.8 Å². The summed E-state index contributed by atoms with van der Waals surface area (Å²) in [5.74, 6) is 0.510. The fourth-order valence-corrected chi connectivity index (χ4v) is 2.04. The molecule has 0 fully saturated rings. The van der Waals surface area contributed by atoms with Gasteiger partial charge in [0.25, 0.3) is 5.69 Å². The van der Waals surface area contributed by atoms with Crippen molar-refractivity contribution < 1.29 is 9.66 Å². The molecule has 0 aliphatic rings.